The second-order valence-electron chi connectivity index (χ2n) is 7.42. The summed E-state index contributed by atoms with van der Waals surface area (Å²) in [5.41, 5.74) is 1.78. The third-order valence-electron chi connectivity index (χ3n) is 5.30. The normalized spacial score (nSPS) is 14.2. The molecule has 29 heavy (non-hydrogen) atoms. The van der Waals surface area contributed by atoms with Crippen LogP contribution in [0.1, 0.15) is 43.0 Å². The zero-order valence-corrected chi connectivity index (χ0v) is 16.7. The van der Waals surface area contributed by atoms with E-state index in [0.717, 1.165) is 38.0 Å². The number of piperidine rings is 1. The average Bonchev–Trinajstić information content (AvgIpc) is 2.78. The number of carbonyl (C=O) groups is 1. The van der Waals surface area contributed by atoms with Gasteiger partial charge >= 0.3 is 0 Å². The molecule has 6 heteroatoms. The number of rotatable bonds is 5. The van der Waals surface area contributed by atoms with Crippen molar-refractivity contribution in [2.75, 3.05) is 24.5 Å². The molecule has 0 bridgehead atoms. The lowest BCUT2D eigenvalue weighted by atomic mass is 10.1. The highest BCUT2D eigenvalue weighted by Crippen LogP contribution is 2.23. The topological polar surface area (TPSA) is 67.2 Å². The van der Waals surface area contributed by atoms with E-state index in [9.17, 15) is 9.59 Å². The lowest BCUT2D eigenvalue weighted by Gasteiger charge is -2.30. The SMILES string of the molecule is CCCNC(=O)c1ccc2c(=O)n(-c3ccccc3)c(N3CCCCC3)nc2c1. The molecule has 0 atom stereocenters. The van der Waals surface area contributed by atoms with Crippen LogP contribution < -0.4 is 15.8 Å². The molecular formula is C23H26N4O2. The molecule has 150 valence electrons. The van der Waals surface area contributed by atoms with Crippen molar-refractivity contribution in [2.45, 2.75) is 32.6 Å². The largest absolute Gasteiger partial charge is 0.352 e. The van der Waals surface area contributed by atoms with Crippen LogP contribution in [0.2, 0.25) is 0 Å². The number of fused-ring (bicyclic) bond motifs is 1. The van der Waals surface area contributed by atoms with Crippen LogP contribution in [0.4, 0.5) is 5.95 Å². The molecule has 1 fully saturated rings. The lowest BCUT2D eigenvalue weighted by molar-refractivity contribution is 0.0954. The summed E-state index contributed by atoms with van der Waals surface area (Å²) in [6.07, 6.45) is 4.24. The lowest BCUT2D eigenvalue weighted by Crippen LogP contribution is -2.36. The summed E-state index contributed by atoms with van der Waals surface area (Å²) in [7, 11) is 0. The second-order valence-corrected chi connectivity index (χ2v) is 7.42. The van der Waals surface area contributed by atoms with E-state index in [4.69, 9.17) is 4.98 Å². The first-order valence-corrected chi connectivity index (χ1v) is 10.3. The summed E-state index contributed by atoms with van der Waals surface area (Å²) < 4.78 is 1.70. The summed E-state index contributed by atoms with van der Waals surface area (Å²) >= 11 is 0. The van der Waals surface area contributed by atoms with Crippen LogP contribution in [0.5, 0.6) is 0 Å². The summed E-state index contributed by atoms with van der Waals surface area (Å²) in [6, 6.07) is 14.8. The molecule has 1 amide bonds. The van der Waals surface area contributed by atoms with Gasteiger partial charge in [0.05, 0.1) is 16.6 Å². The van der Waals surface area contributed by atoms with Crippen molar-refractivity contribution in [1.82, 2.24) is 14.9 Å². The predicted octanol–water partition coefficient (Wildman–Crippen LogP) is 3.52. The molecule has 1 N–H and O–H groups in total. The quantitative estimate of drug-likeness (QED) is 0.724. The van der Waals surface area contributed by atoms with Crippen LogP contribution in [0.15, 0.2) is 53.3 Å². The monoisotopic (exact) mass is 390 g/mol. The van der Waals surface area contributed by atoms with Crippen molar-refractivity contribution in [1.29, 1.82) is 0 Å². The number of amides is 1. The molecule has 1 aromatic heterocycles. The van der Waals surface area contributed by atoms with Gasteiger partial charge < -0.3 is 10.2 Å². The van der Waals surface area contributed by atoms with Gasteiger partial charge in [-0.2, -0.15) is 0 Å². The molecule has 1 saturated heterocycles. The van der Waals surface area contributed by atoms with E-state index in [1.54, 1.807) is 22.8 Å². The highest BCUT2D eigenvalue weighted by atomic mass is 16.1. The van der Waals surface area contributed by atoms with Gasteiger partial charge in [0.2, 0.25) is 5.95 Å². The van der Waals surface area contributed by atoms with Crippen LogP contribution in [0.25, 0.3) is 16.6 Å². The summed E-state index contributed by atoms with van der Waals surface area (Å²) in [6.45, 7) is 4.39. The number of nitrogens with one attached hydrogen (secondary N) is 1. The molecule has 0 spiro atoms. The Morgan fingerprint density at radius 2 is 1.83 bits per heavy atom. The van der Waals surface area contributed by atoms with Crippen molar-refractivity contribution in [3.8, 4) is 5.69 Å². The molecule has 2 heterocycles. The first kappa shape index (κ1) is 19.2. The maximum atomic E-state index is 13.4. The van der Waals surface area contributed by atoms with Gasteiger partial charge in [0.25, 0.3) is 11.5 Å². The number of carbonyl (C=O) groups excluding carboxylic acids is 1. The van der Waals surface area contributed by atoms with E-state index < -0.39 is 0 Å². The molecular weight excluding hydrogens is 364 g/mol. The van der Waals surface area contributed by atoms with Gasteiger partial charge in [0.1, 0.15) is 0 Å². The summed E-state index contributed by atoms with van der Waals surface area (Å²) in [5, 5.41) is 3.40. The number of anilines is 1. The number of para-hydroxylation sites is 1. The Morgan fingerprint density at radius 3 is 2.55 bits per heavy atom. The van der Waals surface area contributed by atoms with Gasteiger partial charge in [-0.3, -0.25) is 9.59 Å². The highest BCUT2D eigenvalue weighted by molar-refractivity contribution is 5.97. The average molecular weight is 390 g/mol. The maximum absolute atomic E-state index is 13.4. The number of aromatic nitrogens is 2. The molecule has 6 nitrogen and oxygen atoms in total. The van der Waals surface area contributed by atoms with Crippen LogP contribution in [0.3, 0.4) is 0 Å². The van der Waals surface area contributed by atoms with Gasteiger partial charge in [-0.1, -0.05) is 25.1 Å². The van der Waals surface area contributed by atoms with Crippen molar-refractivity contribution in [2.24, 2.45) is 0 Å². The van der Waals surface area contributed by atoms with Crippen molar-refractivity contribution >= 4 is 22.8 Å². The van der Waals surface area contributed by atoms with Crippen molar-refractivity contribution in [3.05, 3.63) is 64.4 Å². The van der Waals surface area contributed by atoms with E-state index in [-0.39, 0.29) is 11.5 Å². The first-order chi connectivity index (χ1) is 14.2. The second kappa shape index (κ2) is 8.47. The Balaban J connectivity index is 1.88. The number of hydrogen-bond donors (Lipinski definition) is 1. The molecule has 0 saturated carbocycles. The minimum Gasteiger partial charge on any atom is -0.352 e. The van der Waals surface area contributed by atoms with Crippen molar-refractivity contribution in [3.63, 3.8) is 0 Å². The van der Waals surface area contributed by atoms with Gasteiger partial charge in [-0.25, -0.2) is 9.55 Å². The molecule has 1 aliphatic heterocycles. The Bertz CT molecular complexity index is 1070. The number of benzene rings is 2. The standard InChI is InChI=1S/C23H26N4O2/c1-2-13-24-21(28)17-11-12-19-20(16-17)25-23(26-14-7-4-8-15-26)27(22(19)29)18-9-5-3-6-10-18/h3,5-6,9-12,16H,2,4,7-8,13-15H2,1H3,(H,24,28). The number of hydrogen-bond acceptors (Lipinski definition) is 4. The minimum absolute atomic E-state index is 0.109. The molecule has 1 aliphatic rings. The van der Waals surface area contributed by atoms with Gasteiger partial charge in [0.15, 0.2) is 0 Å². The maximum Gasteiger partial charge on any atom is 0.267 e. The smallest absolute Gasteiger partial charge is 0.267 e. The summed E-state index contributed by atoms with van der Waals surface area (Å²) in [5.74, 6) is 0.516. The fraction of sp³-hybridized carbons (Fsp3) is 0.348. The molecule has 3 aromatic rings. The van der Waals surface area contributed by atoms with Crippen LogP contribution in [-0.4, -0.2) is 35.1 Å². The third-order valence-corrected chi connectivity index (χ3v) is 5.30. The van der Waals surface area contributed by atoms with Crippen LogP contribution in [0, 0.1) is 0 Å². The summed E-state index contributed by atoms with van der Waals surface area (Å²) in [4.78, 5) is 32.9. The zero-order chi connectivity index (χ0) is 20.2. The Labute approximate surface area is 170 Å². The Morgan fingerprint density at radius 1 is 1.07 bits per heavy atom. The zero-order valence-electron chi connectivity index (χ0n) is 16.7. The van der Waals surface area contributed by atoms with E-state index in [0.29, 0.717) is 29.0 Å². The highest BCUT2D eigenvalue weighted by Gasteiger charge is 2.20. The van der Waals surface area contributed by atoms with Crippen molar-refractivity contribution < 1.29 is 4.79 Å². The predicted molar refractivity (Wildman–Crippen MR) is 116 cm³/mol. The molecule has 0 unspecified atom stereocenters. The fourth-order valence-electron chi connectivity index (χ4n) is 3.77. The van der Waals surface area contributed by atoms with E-state index >= 15 is 0 Å². The van der Waals surface area contributed by atoms with Gasteiger partial charge in [0, 0.05) is 25.2 Å². The van der Waals surface area contributed by atoms with Gasteiger partial charge in [-0.05, 0) is 56.0 Å². The Kier molecular flexibility index (Phi) is 5.60. The Hall–Kier alpha value is -3.15. The van der Waals surface area contributed by atoms with E-state index in [1.165, 1.54) is 6.42 Å². The van der Waals surface area contributed by atoms with Gasteiger partial charge in [-0.15, -0.1) is 0 Å². The van der Waals surface area contributed by atoms with Crippen LogP contribution in [-0.2, 0) is 0 Å². The molecule has 0 radical (unpaired) electrons. The van der Waals surface area contributed by atoms with Crippen LogP contribution >= 0.6 is 0 Å². The van der Waals surface area contributed by atoms with E-state index in [1.807, 2.05) is 37.3 Å². The third kappa shape index (κ3) is 3.88. The fourth-order valence-corrected chi connectivity index (χ4v) is 3.77. The van der Waals surface area contributed by atoms with E-state index in [2.05, 4.69) is 10.2 Å². The molecule has 0 aliphatic carbocycles. The number of nitrogens with zero attached hydrogens (tertiary/aromatic N) is 3. The first-order valence-electron chi connectivity index (χ1n) is 10.3. The minimum atomic E-state index is -0.137. The molecule has 2 aromatic carbocycles. The molecule has 4 rings (SSSR count).